The van der Waals surface area contributed by atoms with Gasteiger partial charge in [-0.15, -0.1) is 0 Å². The van der Waals surface area contributed by atoms with E-state index in [0.717, 1.165) is 23.6 Å². The number of hydrogen-bond acceptors (Lipinski definition) is 3. The summed E-state index contributed by atoms with van der Waals surface area (Å²) in [7, 11) is 0. The molecule has 0 amide bonds. The number of unbranched alkanes of at least 4 members (excludes halogenated alkanes) is 9. The van der Waals surface area contributed by atoms with Gasteiger partial charge in [-0.3, -0.25) is 0 Å². The van der Waals surface area contributed by atoms with Crippen LogP contribution in [-0.4, -0.2) is 16.7 Å². The Morgan fingerprint density at radius 1 is 0.750 bits per heavy atom. The van der Waals surface area contributed by atoms with Gasteiger partial charge in [-0.25, -0.2) is 0 Å². The number of hydrogen-bond donors (Lipinski definition) is 0. The lowest BCUT2D eigenvalue weighted by Gasteiger charge is -2.30. The molecule has 2 nitrogen and oxygen atoms in total. The molecule has 3 heteroatoms. The van der Waals surface area contributed by atoms with Crippen LogP contribution in [-0.2, 0) is 11.8 Å². The number of aryl methyl sites for hydroxylation is 1. The Morgan fingerprint density at radius 2 is 1.28 bits per heavy atom. The Morgan fingerprint density at radius 3 is 1.91 bits per heavy atom. The monoisotopic (exact) mass is 465 g/mol. The summed E-state index contributed by atoms with van der Waals surface area (Å²) in [6, 6.07) is 2.23. The quantitative estimate of drug-likeness (QED) is 0.169. The molecule has 0 radical (unpaired) electrons. The summed E-state index contributed by atoms with van der Waals surface area (Å²) < 4.78 is 5.76. The van der Waals surface area contributed by atoms with Gasteiger partial charge in [0, 0.05) is 17.9 Å². The Labute approximate surface area is 205 Å². The van der Waals surface area contributed by atoms with Crippen LogP contribution in [0.3, 0.4) is 0 Å². The highest BCUT2D eigenvalue weighted by Crippen LogP contribution is 2.35. The van der Waals surface area contributed by atoms with E-state index in [1.807, 2.05) is 0 Å². The van der Waals surface area contributed by atoms with Crippen molar-refractivity contribution in [2.75, 3.05) is 11.5 Å². The molecule has 0 aliphatic heterocycles. The van der Waals surface area contributed by atoms with Crippen LogP contribution in [0.2, 0.25) is 0 Å². The maximum absolute atomic E-state index is 5.76. The van der Waals surface area contributed by atoms with Gasteiger partial charge in [0.15, 0.2) is 0 Å². The van der Waals surface area contributed by atoms with Crippen LogP contribution in [0.15, 0.2) is 10.6 Å². The van der Waals surface area contributed by atoms with Crippen molar-refractivity contribution < 1.29 is 4.52 Å². The molecule has 1 rings (SSSR count). The predicted molar refractivity (Wildman–Crippen MR) is 145 cm³/mol. The van der Waals surface area contributed by atoms with Crippen molar-refractivity contribution in [1.29, 1.82) is 0 Å². The van der Waals surface area contributed by atoms with E-state index in [9.17, 15) is 0 Å². The molecule has 0 saturated heterocycles. The summed E-state index contributed by atoms with van der Waals surface area (Å²) in [5, 5.41) is 4.40. The van der Waals surface area contributed by atoms with Crippen molar-refractivity contribution in [3.8, 4) is 0 Å². The topological polar surface area (TPSA) is 26.0 Å². The van der Waals surface area contributed by atoms with E-state index >= 15 is 0 Å². The van der Waals surface area contributed by atoms with Gasteiger partial charge in [0.05, 0.1) is 5.69 Å². The first-order valence-electron chi connectivity index (χ1n) is 13.9. The molecule has 0 fully saturated rings. The molecular weight excluding hydrogens is 410 g/mol. The van der Waals surface area contributed by atoms with E-state index in [0.29, 0.717) is 5.41 Å². The number of nitrogens with zero attached hydrogens (tertiary/aromatic N) is 1. The minimum atomic E-state index is 0.0996. The summed E-state index contributed by atoms with van der Waals surface area (Å²) in [4.78, 5) is 0. The van der Waals surface area contributed by atoms with Gasteiger partial charge in [-0.1, -0.05) is 124 Å². The van der Waals surface area contributed by atoms with E-state index < -0.39 is 0 Å². The molecule has 0 aliphatic rings. The molecule has 0 aliphatic carbocycles. The molecule has 0 saturated carbocycles. The third kappa shape index (κ3) is 12.7. The SMILES string of the molecule is CCCCCCCC(C)(CCCCCC)CSCCc1cc(C(C)(C)CCCCC)on1. The van der Waals surface area contributed by atoms with Crippen LogP contribution in [0.1, 0.15) is 149 Å². The summed E-state index contributed by atoms with van der Waals surface area (Å²) in [5.41, 5.74) is 1.74. The van der Waals surface area contributed by atoms with Crippen LogP contribution in [0, 0.1) is 5.41 Å². The van der Waals surface area contributed by atoms with Crippen LogP contribution < -0.4 is 0 Å². The first-order valence-corrected chi connectivity index (χ1v) is 15.1. The van der Waals surface area contributed by atoms with E-state index in [-0.39, 0.29) is 5.41 Å². The maximum atomic E-state index is 5.76. The van der Waals surface area contributed by atoms with Crippen molar-refractivity contribution in [1.82, 2.24) is 5.16 Å². The van der Waals surface area contributed by atoms with Crippen LogP contribution in [0.25, 0.3) is 0 Å². The van der Waals surface area contributed by atoms with Gasteiger partial charge in [0.1, 0.15) is 5.76 Å². The molecular formula is C29H55NOS. The lowest BCUT2D eigenvalue weighted by molar-refractivity contribution is 0.290. The standard InChI is InChI=1S/C29H55NOS/c1-7-10-13-15-18-22-29(6,21-17-14-11-8-2)25-32-23-19-26-24-27(31-30-26)28(4,5)20-16-12-9-3/h24H,7-23,25H2,1-6H3. The van der Waals surface area contributed by atoms with Crippen molar-refractivity contribution in [2.45, 2.75) is 150 Å². The fraction of sp³-hybridized carbons (Fsp3) is 0.897. The smallest absolute Gasteiger partial charge is 0.142 e. The first-order chi connectivity index (χ1) is 15.4. The molecule has 1 unspecified atom stereocenters. The summed E-state index contributed by atoms with van der Waals surface area (Å²) in [5.74, 6) is 3.52. The molecule has 0 spiro atoms. The van der Waals surface area contributed by atoms with Crippen molar-refractivity contribution in [3.05, 3.63) is 17.5 Å². The van der Waals surface area contributed by atoms with E-state index in [1.54, 1.807) is 0 Å². The maximum Gasteiger partial charge on any atom is 0.142 e. The van der Waals surface area contributed by atoms with E-state index in [1.165, 1.54) is 102 Å². The summed E-state index contributed by atoms with van der Waals surface area (Å²) in [6.07, 6.45) is 21.3. The van der Waals surface area contributed by atoms with Crippen molar-refractivity contribution in [3.63, 3.8) is 0 Å². The van der Waals surface area contributed by atoms with Crippen LogP contribution in [0.5, 0.6) is 0 Å². The Hall–Kier alpha value is -0.440. The molecule has 32 heavy (non-hydrogen) atoms. The zero-order valence-electron chi connectivity index (χ0n) is 22.6. The van der Waals surface area contributed by atoms with Crippen LogP contribution in [0.4, 0.5) is 0 Å². The lowest BCUT2D eigenvalue weighted by atomic mass is 9.81. The number of rotatable bonds is 21. The fourth-order valence-corrected chi connectivity index (χ4v) is 5.87. The molecule has 1 atom stereocenters. The second-order valence-corrected chi connectivity index (χ2v) is 12.2. The predicted octanol–water partition coefficient (Wildman–Crippen LogP) is 10.1. The fourth-order valence-electron chi connectivity index (χ4n) is 4.59. The molecule has 0 N–H and O–H groups in total. The molecule has 1 aromatic heterocycles. The van der Waals surface area contributed by atoms with Gasteiger partial charge in [-0.05, 0) is 36.2 Å². The van der Waals surface area contributed by atoms with Crippen molar-refractivity contribution >= 4 is 11.8 Å². The number of aromatic nitrogens is 1. The Balaban J connectivity index is 2.45. The van der Waals surface area contributed by atoms with Gasteiger partial charge >= 0.3 is 0 Å². The van der Waals surface area contributed by atoms with Gasteiger partial charge in [-0.2, -0.15) is 11.8 Å². The summed E-state index contributed by atoms with van der Waals surface area (Å²) >= 11 is 2.14. The van der Waals surface area contributed by atoms with Crippen LogP contribution >= 0.6 is 11.8 Å². The third-order valence-corrected chi connectivity index (χ3v) is 8.50. The van der Waals surface area contributed by atoms with Gasteiger partial charge in [0.25, 0.3) is 0 Å². The Bertz CT molecular complexity index is 567. The molecule has 1 aromatic rings. The minimum Gasteiger partial charge on any atom is -0.361 e. The molecule has 0 aromatic carbocycles. The van der Waals surface area contributed by atoms with E-state index in [2.05, 4.69) is 64.5 Å². The molecule has 188 valence electrons. The second kappa shape index (κ2) is 17.1. The highest BCUT2D eigenvalue weighted by atomic mass is 32.2. The van der Waals surface area contributed by atoms with Gasteiger partial charge < -0.3 is 4.52 Å². The minimum absolute atomic E-state index is 0.0996. The zero-order valence-corrected chi connectivity index (χ0v) is 23.4. The molecule has 0 bridgehead atoms. The second-order valence-electron chi connectivity index (χ2n) is 11.1. The first kappa shape index (κ1) is 29.6. The Kier molecular flexibility index (Phi) is 15.8. The molecule has 1 heterocycles. The average molecular weight is 466 g/mol. The average Bonchev–Trinajstić information content (AvgIpc) is 3.25. The zero-order chi connectivity index (χ0) is 23.7. The largest absolute Gasteiger partial charge is 0.361 e. The van der Waals surface area contributed by atoms with Crippen molar-refractivity contribution in [2.24, 2.45) is 5.41 Å². The normalized spacial score (nSPS) is 14.1. The third-order valence-electron chi connectivity index (χ3n) is 7.10. The van der Waals surface area contributed by atoms with E-state index in [4.69, 9.17) is 4.52 Å². The highest BCUT2D eigenvalue weighted by Gasteiger charge is 2.26. The highest BCUT2D eigenvalue weighted by molar-refractivity contribution is 7.99. The van der Waals surface area contributed by atoms with Gasteiger partial charge in [0.2, 0.25) is 0 Å². The number of thioether (sulfide) groups is 1. The lowest BCUT2D eigenvalue weighted by Crippen LogP contribution is -2.20. The summed E-state index contributed by atoms with van der Waals surface area (Å²) in [6.45, 7) is 14.0.